The number of halogens is 2. The minimum absolute atomic E-state index is 0.0505. The van der Waals surface area contributed by atoms with Crippen LogP contribution < -0.4 is 10.2 Å². The molecule has 11 nitrogen and oxygen atoms in total. The average molecular weight is 695 g/mol. The number of nitrogens with zero attached hydrogens (tertiary/aromatic N) is 5. The summed E-state index contributed by atoms with van der Waals surface area (Å²) < 4.78 is 35.1. The first-order valence-electron chi connectivity index (χ1n) is 15.8. The minimum Gasteiger partial charge on any atom is -0.461 e. The molecule has 2 atom stereocenters. The first kappa shape index (κ1) is 32.3. The molecule has 0 radical (unpaired) electrons. The third-order valence-electron chi connectivity index (χ3n) is 8.32. The van der Waals surface area contributed by atoms with Crippen molar-refractivity contribution in [1.29, 1.82) is 0 Å². The number of ether oxygens (including phenoxy) is 2. The van der Waals surface area contributed by atoms with Crippen LogP contribution in [0.15, 0.2) is 28.7 Å². The van der Waals surface area contributed by atoms with Gasteiger partial charge in [-0.05, 0) is 85.0 Å². The predicted molar refractivity (Wildman–Crippen MR) is 185 cm³/mol. The number of piperazine rings is 1. The molecule has 0 aliphatic carbocycles. The molecular weight excluding hydrogens is 659 g/mol. The van der Waals surface area contributed by atoms with Crippen molar-refractivity contribution in [2.24, 2.45) is 0 Å². The lowest BCUT2D eigenvalue weighted by Gasteiger charge is -2.42. The predicted octanol–water partition coefficient (Wildman–Crippen LogP) is 8.69. The lowest BCUT2D eigenvalue weighted by atomic mass is 9.98. The van der Waals surface area contributed by atoms with Crippen LogP contribution in [0.25, 0.3) is 43.2 Å². The number of anilines is 2. The Labute approximate surface area is 285 Å². The van der Waals surface area contributed by atoms with Gasteiger partial charge in [0.2, 0.25) is 5.28 Å². The van der Waals surface area contributed by atoms with E-state index in [-0.39, 0.29) is 34.5 Å². The maximum absolute atomic E-state index is 17.0. The first-order valence-corrected chi connectivity index (χ1v) is 17.0. The van der Waals surface area contributed by atoms with E-state index in [0.29, 0.717) is 57.2 Å². The number of aromatic nitrogens is 3. The molecule has 7 rings (SSSR count). The molecule has 2 aliphatic rings. The van der Waals surface area contributed by atoms with Gasteiger partial charge in [0.1, 0.15) is 33.9 Å². The summed E-state index contributed by atoms with van der Waals surface area (Å²) in [5.74, 6) is 0.430. The van der Waals surface area contributed by atoms with Crippen molar-refractivity contribution >= 4 is 78.2 Å². The summed E-state index contributed by atoms with van der Waals surface area (Å²) in [6, 6.07) is 7.07. The molecule has 48 heavy (non-hydrogen) atoms. The molecule has 252 valence electrons. The molecule has 1 N–H and O–H groups in total. The van der Waals surface area contributed by atoms with Crippen molar-refractivity contribution in [1.82, 2.24) is 19.9 Å². The Hall–Kier alpha value is -4.23. The molecular formula is C34H36ClFN6O5S. The van der Waals surface area contributed by atoms with Gasteiger partial charge in [0.15, 0.2) is 10.9 Å². The number of hydrogen-bond donors (Lipinski definition) is 1. The Kier molecular flexibility index (Phi) is 7.70. The summed E-state index contributed by atoms with van der Waals surface area (Å²) in [6.07, 6.45) is 0.670. The normalized spacial score (nSPS) is 18.3. The second-order valence-corrected chi connectivity index (χ2v) is 15.7. The third kappa shape index (κ3) is 5.87. The second kappa shape index (κ2) is 11.4. The van der Waals surface area contributed by atoms with Crippen LogP contribution >= 0.6 is 22.9 Å². The number of thiazole rings is 1. The number of amides is 2. The van der Waals surface area contributed by atoms with Crippen molar-refractivity contribution < 1.29 is 27.9 Å². The molecule has 5 aromatic rings. The summed E-state index contributed by atoms with van der Waals surface area (Å²) in [7, 11) is 0. The minimum atomic E-state index is -0.684. The zero-order chi connectivity index (χ0) is 34.3. The van der Waals surface area contributed by atoms with Crippen LogP contribution in [0.2, 0.25) is 5.28 Å². The summed E-state index contributed by atoms with van der Waals surface area (Å²) >= 11 is 7.77. The highest BCUT2D eigenvalue weighted by Gasteiger charge is 2.45. The number of hydrogen-bond acceptors (Lipinski definition) is 10. The highest BCUT2D eigenvalue weighted by molar-refractivity contribution is 7.22. The lowest BCUT2D eigenvalue weighted by molar-refractivity contribution is 0.0122. The fourth-order valence-electron chi connectivity index (χ4n) is 6.69. The molecule has 0 unspecified atom stereocenters. The van der Waals surface area contributed by atoms with E-state index in [1.54, 1.807) is 39.8 Å². The zero-order valence-corrected chi connectivity index (χ0v) is 29.3. The maximum atomic E-state index is 17.0. The number of rotatable bonds is 3. The van der Waals surface area contributed by atoms with Gasteiger partial charge in [0.25, 0.3) is 0 Å². The lowest BCUT2D eigenvalue weighted by Crippen LogP contribution is -2.57. The monoisotopic (exact) mass is 694 g/mol. The van der Waals surface area contributed by atoms with Gasteiger partial charge < -0.3 is 18.8 Å². The summed E-state index contributed by atoms with van der Waals surface area (Å²) in [5.41, 5.74) is 0.217. The molecule has 2 aromatic carbocycles. The van der Waals surface area contributed by atoms with Crippen LogP contribution in [0.4, 0.5) is 24.9 Å². The van der Waals surface area contributed by atoms with Gasteiger partial charge in [-0.15, -0.1) is 0 Å². The van der Waals surface area contributed by atoms with Crippen molar-refractivity contribution in [3.63, 3.8) is 0 Å². The van der Waals surface area contributed by atoms with Gasteiger partial charge in [-0.1, -0.05) is 23.5 Å². The Balaban J connectivity index is 1.33. The van der Waals surface area contributed by atoms with Gasteiger partial charge in [0, 0.05) is 24.0 Å². The molecule has 2 bridgehead atoms. The highest BCUT2D eigenvalue weighted by Crippen LogP contribution is 2.46. The van der Waals surface area contributed by atoms with Crippen molar-refractivity contribution in [2.75, 3.05) is 23.3 Å². The number of benzene rings is 2. The molecule has 2 saturated heterocycles. The smallest absolute Gasteiger partial charge is 0.413 e. The Morgan fingerprint density at radius 1 is 1.02 bits per heavy atom. The number of carbonyl (C=O) groups is 2. The number of para-hydroxylation sites is 1. The molecule has 0 spiro atoms. The van der Waals surface area contributed by atoms with Crippen LogP contribution in [0.3, 0.4) is 0 Å². The van der Waals surface area contributed by atoms with Crippen molar-refractivity contribution in [3.8, 4) is 11.1 Å². The molecule has 3 aromatic heterocycles. The standard InChI is InChI=1S/C34H36ClFN6O5S/c1-16-13-20-23-26(37-29(35)39-28(23)41-14-17-11-12-18(15-41)42(17)32(44)47-34(5,6)7)24(36)22(27(20)45-16)19-9-8-10-21-25(19)38-30(48-21)40-31(43)46-33(2,3)4/h8-10,13,17-18H,11-12,14-15H2,1-7H3,(H,38,40,43)/t17-,18+. The van der Waals surface area contributed by atoms with Crippen molar-refractivity contribution in [3.05, 3.63) is 41.1 Å². The van der Waals surface area contributed by atoms with E-state index in [1.807, 2.05) is 37.8 Å². The summed E-state index contributed by atoms with van der Waals surface area (Å²) in [6.45, 7) is 13.6. The van der Waals surface area contributed by atoms with E-state index >= 15 is 4.39 Å². The number of furan rings is 1. The number of nitrogens with one attached hydrogen (secondary N) is 1. The van der Waals surface area contributed by atoms with Gasteiger partial charge in [-0.2, -0.15) is 4.98 Å². The van der Waals surface area contributed by atoms with E-state index in [1.165, 1.54) is 11.3 Å². The van der Waals surface area contributed by atoms with E-state index in [4.69, 9.17) is 25.5 Å². The van der Waals surface area contributed by atoms with Crippen LogP contribution in [0.5, 0.6) is 0 Å². The van der Waals surface area contributed by atoms with E-state index in [9.17, 15) is 9.59 Å². The third-order valence-corrected chi connectivity index (χ3v) is 9.43. The topological polar surface area (TPSA) is 123 Å². The SMILES string of the molecule is Cc1cc2c(o1)c(-c1cccc3sc(NC(=O)OC(C)(C)C)nc13)c(F)c1nc(Cl)nc(N3C[C@H]4CC[C@@H](C3)N4C(=O)OC(C)(C)C)c12. The molecule has 14 heteroatoms. The van der Waals surface area contributed by atoms with Crippen molar-refractivity contribution in [2.45, 2.75) is 84.6 Å². The molecule has 5 heterocycles. The van der Waals surface area contributed by atoms with E-state index in [0.717, 1.165) is 17.5 Å². The summed E-state index contributed by atoms with van der Waals surface area (Å²) in [5, 5.41) is 4.02. The van der Waals surface area contributed by atoms with Crippen LogP contribution in [0, 0.1) is 12.7 Å². The number of fused-ring (bicyclic) bond motifs is 6. The van der Waals surface area contributed by atoms with Crippen LogP contribution in [-0.2, 0) is 9.47 Å². The Morgan fingerprint density at radius 3 is 2.38 bits per heavy atom. The van der Waals surface area contributed by atoms with Gasteiger partial charge >= 0.3 is 12.2 Å². The Morgan fingerprint density at radius 2 is 1.71 bits per heavy atom. The average Bonchev–Trinajstić information content (AvgIpc) is 3.63. The quantitative estimate of drug-likeness (QED) is 0.185. The van der Waals surface area contributed by atoms with Gasteiger partial charge in [-0.3, -0.25) is 10.2 Å². The summed E-state index contributed by atoms with van der Waals surface area (Å²) in [4.78, 5) is 43.2. The largest absolute Gasteiger partial charge is 0.461 e. The molecule has 2 aliphatic heterocycles. The number of carbonyl (C=O) groups excluding carboxylic acids is 2. The van der Waals surface area contributed by atoms with Gasteiger partial charge in [0.05, 0.1) is 33.2 Å². The maximum Gasteiger partial charge on any atom is 0.413 e. The fourth-order valence-corrected chi connectivity index (χ4v) is 7.73. The zero-order valence-electron chi connectivity index (χ0n) is 27.7. The first-order chi connectivity index (χ1) is 22.6. The Bertz CT molecular complexity index is 2100. The number of aryl methyl sites for hydroxylation is 1. The molecule has 2 amide bonds. The highest BCUT2D eigenvalue weighted by atomic mass is 35.5. The van der Waals surface area contributed by atoms with Crippen LogP contribution in [-0.4, -0.2) is 68.4 Å². The van der Waals surface area contributed by atoms with Gasteiger partial charge in [-0.25, -0.2) is 23.9 Å². The molecule has 0 saturated carbocycles. The molecule has 2 fully saturated rings. The van der Waals surface area contributed by atoms with E-state index in [2.05, 4.69) is 25.2 Å². The second-order valence-electron chi connectivity index (χ2n) is 14.3. The fraction of sp³-hybridized carbons (Fsp3) is 0.441. The van der Waals surface area contributed by atoms with E-state index < -0.39 is 23.1 Å². The van der Waals surface area contributed by atoms with Crippen LogP contribution in [0.1, 0.15) is 60.1 Å².